The fraction of sp³-hybridized carbons (Fsp3) is 0.500. The van der Waals surface area contributed by atoms with E-state index in [0.717, 1.165) is 53.7 Å². The largest absolute Gasteiger partial charge is 0.367 e. The van der Waals surface area contributed by atoms with Crippen molar-refractivity contribution >= 4 is 32.4 Å². The molecule has 2 saturated heterocycles. The summed E-state index contributed by atoms with van der Waals surface area (Å²) in [4.78, 5) is 11.6. The maximum absolute atomic E-state index is 11.9. The molecule has 0 radical (unpaired) electrons. The average Bonchev–Trinajstić information content (AvgIpc) is 2.74. The van der Waals surface area contributed by atoms with Crippen LogP contribution in [0.1, 0.15) is 32.1 Å². The molecular weight excluding hydrogens is 374 g/mol. The lowest BCUT2D eigenvalue weighted by Gasteiger charge is -2.31. The van der Waals surface area contributed by atoms with E-state index in [2.05, 4.69) is 32.8 Å². The third kappa shape index (κ3) is 3.98. The number of piperidine rings is 2. The van der Waals surface area contributed by atoms with Crippen molar-refractivity contribution in [3.63, 3.8) is 0 Å². The molecule has 2 fully saturated rings. The van der Waals surface area contributed by atoms with Gasteiger partial charge in [0, 0.05) is 60.8 Å². The molecule has 1 N–H and O–H groups in total. The Morgan fingerprint density at radius 1 is 1.11 bits per heavy atom. The maximum atomic E-state index is 11.9. The zero-order chi connectivity index (χ0) is 19.6. The summed E-state index contributed by atoms with van der Waals surface area (Å²) in [6.45, 7) is 6.50. The smallest absolute Gasteiger partial charge is 0.235 e. The highest BCUT2D eigenvalue weighted by atomic mass is 32.2. The zero-order valence-corrected chi connectivity index (χ0v) is 16.9. The molecule has 0 unspecified atom stereocenters. The van der Waals surface area contributed by atoms with Gasteiger partial charge in [0.2, 0.25) is 10.0 Å². The summed E-state index contributed by atoms with van der Waals surface area (Å²) in [5, 5.41) is 6.73. The van der Waals surface area contributed by atoms with Crippen LogP contribution in [0.4, 0.5) is 11.6 Å². The van der Waals surface area contributed by atoms with Crippen LogP contribution in [0.15, 0.2) is 36.5 Å². The fourth-order valence-corrected chi connectivity index (χ4v) is 4.99. The number of pyridine rings is 2. The van der Waals surface area contributed by atoms with Crippen molar-refractivity contribution in [2.75, 3.05) is 36.4 Å². The Hall–Kier alpha value is -2.19. The summed E-state index contributed by atoms with van der Waals surface area (Å²) >= 11 is 0. The first-order chi connectivity index (χ1) is 13.6. The molecule has 2 aromatic heterocycles. The van der Waals surface area contributed by atoms with Crippen LogP contribution in [0, 0.1) is 0 Å². The summed E-state index contributed by atoms with van der Waals surface area (Å²) in [5.74, 6) is 1.86. The van der Waals surface area contributed by atoms with Gasteiger partial charge in [0.15, 0.2) is 0 Å². The van der Waals surface area contributed by atoms with Gasteiger partial charge < -0.3 is 10.2 Å². The van der Waals surface area contributed by atoms with Crippen LogP contribution in [0.25, 0.3) is 10.8 Å². The van der Waals surface area contributed by atoms with Crippen LogP contribution in [-0.2, 0) is 10.0 Å². The summed E-state index contributed by atoms with van der Waals surface area (Å²) in [5.41, 5.74) is 0. The summed E-state index contributed by atoms with van der Waals surface area (Å²) in [7, 11) is -3.32. The van der Waals surface area contributed by atoms with Crippen molar-refractivity contribution in [3.8, 4) is 0 Å². The predicted octanol–water partition coefficient (Wildman–Crippen LogP) is 2.97. The lowest BCUT2D eigenvalue weighted by molar-refractivity contribution is 0.333. The average molecular weight is 402 g/mol. The van der Waals surface area contributed by atoms with E-state index in [-0.39, 0.29) is 6.04 Å². The second-order valence-electron chi connectivity index (χ2n) is 7.50. The number of aromatic nitrogens is 2. The van der Waals surface area contributed by atoms with Gasteiger partial charge in [0.1, 0.15) is 11.6 Å². The molecule has 2 aromatic rings. The highest BCUT2D eigenvalue weighted by Crippen LogP contribution is 2.28. The Balaban J connectivity index is 1.50. The van der Waals surface area contributed by atoms with Crippen molar-refractivity contribution in [1.82, 2.24) is 14.3 Å². The number of nitrogens with zero attached hydrogens (tertiary/aromatic N) is 4. The van der Waals surface area contributed by atoms with E-state index in [0.29, 0.717) is 13.1 Å². The van der Waals surface area contributed by atoms with Crippen molar-refractivity contribution < 1.29 is 8.42 Å². The minimum atomic E-state index is -3.32. The van der Waals surface area contributed by atoms with E-state index in [1.165, 1.54) is 23.6 Å². The van der Waals surface area contributed by atoms with Crippen molar-refractivity contribution in [2.45, 2.75) is 38.1 Å². The molecule has 0 aromatic carbocycles. The van der Waals surface area contributed by atoms with E-state index in [1.807, 2.05) is 18.5 Å². The van der Waals surface area contributed by atoms with Crippen LogP contribution >= 0.6 is 0 Å². The number of hydrogen-bond acceptors (Lipinski definition) is 6. The molecule has 7 nitrogen and oxygen atoms in total. The minimum Gasteiger partial charge on any atom is -0.367 e. The quantitative estimate of drug-likeness (QED) is 0.830. The van der Waals surface area contributed by atoms with Crippen LogP contribution in [0.3, 0.4) is 0 Å². The van der Waals surface area contributed by atoms with Crippen molar-refractivity contribution in [2.24, 2.45) is 0 Å². The molecular formula is C20H27N5O2S. The molecule has 4 heterocycles. The van der Waals surface area contributed by atoms with Gasteiger partial charge in [-0.15, -0.1) is 0 Å². The van der Waals surface area contributed by atoms with E-state index >= 15 is 0 Å². The summed E-state index contributed by atoms with van der Waals surface area (Å²) in [6, 6.07) is 4.29. The van der Waals surface area contributed by atoms with Crippen molar-refractivity contribution in [3.05, 3.63) is 36.5 Å². The van der Waals surface area contributed by atoms with Gasteiger partial charge in [0.05, 0.1) is 0 Å². The molecule has 28 heavy (non-hydrogen) atoms. The molecule has 0 amide bonds. The monoisotopic (exact) mass is 401 g/mol. The first kappa shape index (κ1) is 19.1. The second-order valence-corrected chi connectivity index (χ2v) is 9.38. The topological polar surface area (TPSA) is 78.4 Å². The number of hydrogen-bond donors (Lipinski definition) is 1. The van der Waals surface area contributed by atoms with E-state index in [4.69, 9.17) is 0 Å². The van der Waals surface area contributed by atoms with Crippen molar-refractivity contribution in [1.29, 1.82) is 0 Å². The molecule has 2 aliphatic rings. The Kier molecular flexibility index (Phi) is 5.50. The normalized spacial score (nSPS) is 19.6. The van der Waals surface area contributed by atoms with Gasteiger partial charge in [-0.2, -0.15) is 4.31 Å². The van der Waals surface area contributed by atoms with Crippen LogP contribution in [-0.4, -0.2) is 54.9 Å². The Bertz CT molecular complexity index is 948. The number of rotatable bonds is 5. The van der Waals surface area contributed by atoms with Crippen LogP contribution < -0.4 is 10.2 Å². The van der Waals surface area contributed by atoms with E-state index in [1.54, 1.807) is 0 Å². The number of fused-ring (bicyclic) bond motifs is 1. The van der Waals surface area contributed by atoms with Gasteiger partial charge in [-0.25, -0.2) is 18.4 Å². The molecule has 0 aliphatic carbocycles. The van der Waals surface area contributed by atoms with Crippen LogP contribution in [0.5, 0.6) is 0 Å². The molecule has 4 rings (SSSR count). The number of nitrogens with one attached hydrogen (secondary N) is 1. The SMILES string of the molecule is C=CS(=O)(=O)N1CCC(Nc2cc3c(N4CCCCC4)nccc3cn2)CC1. The highest BCUT2D eigenvalue weighted by Gasteiger charge is 2.26. The standard InChI is InChI=1S/C20H27N5O2S/c1-2-28(26,27)25-12-7-17(8-13-25)23-19-14-18-16(15-22-19)6-9-21-20(18)24-10-4-3-5-11-24/h2,6,9,14-15,17H,1,3-5,7-8,10-13H2,(H,22,23). The minimum absolute atomic E-state index is 0.205. The summed E-state index contributed by atoms with van der Waals surface area (Å²) < 4.78 is 25.3. The highest BCUT2D eigenvalue weighted by molar-refractivity contribution is 7.92. The number of sulfonamides is 1. The van der Waals surface area contributed by atoms with Gasteiger partial charge >= 0.3 is 0 Å². The maximum Gasteiger partial charge on any atom is 0.235 e. The third-order valence-electron chi connectivity index (χ3n) is 5.66. The molecule has 2 aliphatic heterocycles. The molecule has 0 spiro atoms. The Labute approximate surface area is 166 Å². The van der Waals surface area contributed by atoms with Gasteiger partial charge in [-0.1, -0.05) is 6.58 Å². The lowest BCUT2D eigenvalue weighted by Crippen LogP contribution is -2.41. The van der Waals surface area contributed by atoms with Crippen LogP contribution in [0.2, 0.25) is 0 Å². The Morgan fingerprint density at radius 2 is 1.86 bits per heavy atom. The molecule has 150 valence electrons. The summed E-state index contributed by atoms with van der Waals surface area (Å²) in [6.07, 6.45) is 8.95. The molecule has 0 atom stereocenters. The van der Waals surface area contributed by atoms with E-state index < -0.39 is 10.0 Å². The lowest BCUT2D eigenvalue weighted by atomic mass is 10.1. The zero-order valence-electron chi connectivity index (χ0n) is 16.0. The molecule has 8 heteroatoms. The Morgan fingerprint density at radius 3 is 2.57 bits per heavy atom. The predicted molar refractivity (Wildman–Crippen MR) is 113 cm³/mol. The first-order valence-electron chi connectivity index (χ1n) is 9.96. The van der Waals surface area contributed by atoms with E-state index in [9.17, 15) is 8.42 Å². The van der Waals surface area contributed by atoms with Gasteiger partial charge in [-0.3, -0.25) is 0 Å². The van der Waals surface area contributed by atoms with Gasteiger partial charge in [0.25, 0.3) is 0 Å². The third-order valence-corrected chi connectivity index (χ3v) is 7.16. The second kappa shape index (κ2) is 8.05. The van der Waals surface area contributed by atoms with Gasteiger partial charge in [-0.05, 0) is 44.2 Å². The fourth-order valence-electron chi connectivity index (χ4n) is 4.06. The molecule has 0 bridgehead atoms. The first-order valence-corrected chi connectivity index (χ1v) is 11.5. The molecule has 0 saturated carbocycles. The number of anilines is 2.